The van der Waals surface area contributed by atoms with Gasteiger partial charge in [-0.1, -0.05) is 48.0 Å². The molecule has 0 atom stereocenters. The van der Waals surface area contributed by atoms with Crippen molar-refractivity contribution in [3.05, 3.63) is 101 Å². The molecule has 178 valence electrons. The minimum atomic E-state index is -0.540. The molecular formula is C27H20N4O4S. The van der Waals surface area contributed by atoms with Crippen molar-refractivity contribution in [1.29, 1.82) is 5.41 Å². The van der Waals surface area contributed by atoms with Crippen LogP contribution in [0.1, 0.15) is 21.5 Å². The minimum Gasteiger partial charge on any atom is -0.487 e. The first-order valence-electron chi connectivity index (χ1n) is 11.0. The van der Waals surface area contributed by atoms with Gasteiger partial charge in [0.2, 0.25) is 5.17 Å². The first kappa shape index (κ1) is 23.3. The molecule has 8 nitrogen and oxygen atoms in total. The molecule has 1 amide bonds. The van der Waals surface area contributed by atoms with Gasteiger partial charge in [0.05, 0.1) is 11.1 Å². The summed E-state index contributed by atoms with van der Waals surface area (Å²) in [4.78, 5) is 29.3. The van der Waals surface area contributed by atoms with E-state index in [9.17, 15) is 9.59 Å². The number of aliphatic imine (C=N–C) groups is 1. The fourth-order valence-electron chi connectivity index (χ4n) is 3.52. The second-order valence-corrected chi connectivity index (χ2v) is 8.99. The maximum Gasteiger partial charge on any atom is 0.343 e. The molecule has 36 heavy (non-hydrogen) atoms. The van der Waals surface area contributed by atoms with Crippen molar-refractivity contribution in [2.75, 3.05) is 6.61 Å². The van der Waals surface area contributed by atoms with Gasteiger partial charge in [0.25, 0.3) is 5.91 Å². The van der Waals surface area contributed by atoms with Gasteiger partial charge >= 0.3 is 5.97 Å². The van der Waals surface area contributed by atoms with E-state index in [1.807, 2.05) is 43.3 Å². The second kappa shape index (κ2) is 10.0. The van der Waals surface area contributed by atoms with Crippen LogP contribution in [-0.2, 0) is 4.79 Å². The lowest BCUT2D eigenvalue weighted by Gasteiger charge is -2.20. The monoisotopic (exact) mass is 496 g/mol. The zero-order chi connectivity index (χ0) is 25.1. The van der Waals surface area contributed by atoms with Gasteiger partial charge in [-0.25, -0.2) is 4.79 Å². The highest BCUT2D eigenvalue weighted by molar-refractivity contribution is 8.27. The average molecular weight is 497 g/mol. The molecule has 2 aliphatic heterocycles. The molecule has 0 unspecified atom stereocenters. The number of hydrogen-bond acceptors (Lipinski definition) is 7. The predicted molar refractivity (Wildman–Crippen MR) is 140 cm³/mol. The van der Waals surface area contributed by atoms with Crippen LogP contribution in [0.25, 0.3) is 6.08 Å². The number of thioether (sulfide) groups is 1. The number of rotatable bonds is 6. The molecule has 3 aromatic carbocycles. The van der Waals surface area contributed by atoms with Gasteiger partial charge in [0.1, 0.15) is 23.1 Å². The van der Waals surface area contributed by atoms with Gasteiger partial charge in [-0.3, -0.25) is 10.2 Å². The van der Waals surface area contributed by atoms with Gasteiger partial charge in [0, 0.05) is 0 Å². The number of fused-ring (bicyclic) bond motifs is 1. The molecule has 0 saturated heterocycles. The zero-order valence-corrected chi connectivity index (χ0v) is 20.0. The number of amides is 1. The number of hydrogen-bond donors (Lipinski definition) is 1. The lowest BCUT2D eigenvalue weighted by molar-refractivity contribution is -0.114. The highest BCUT2D eigenvalue weighted by atomic mass is 32.2. The van der Waals surface area contributed by atoms with Gasteiger partial charge in [-0.05, 0) is 66.7 Å². The highest BCUT2D eigenvalue weighted by Gasteiger charge is 2.35. The highest BCUT2D eigenvalue weighted by Crippen LogP contribution is 2.29. The number of aryl methyl sites for hydroxylation is 1. The lowest BCUT2D eigenvalue weighted by Crippen LogP contribution is -2.35. The molecule has 9 heteroatoms. The Kier molecular flexibility index (Phi) is 6.46. The number of carbonyl (C=O) groups excluding carboxylic acids is 2. The SMILES string of the molecule is Cc1cccc(C(=O)Oc2cccc(C=C3C(=N)N4N=C(COc5ccccc5)SC4=NC3=O)c2)c1. The molecule has 0 bridgehead atoms. The van der Waals surface area contributed by atoms with Crippen LogP contribution in [0.15, 0.2) is 94.5 Å². The van der Waals surface area contributed by atoms with Crippen molar-refractivity contribution in [2.24, 2.45) is 10.1 Å². The van der Waals surface area contributed by atoms with Crippen LogP contribution in [0.4, 0.5) is 0 Å². The number of para-hydroxylation sites is 1. The molecule has 3 aromatic rings. The third-order valence-corrected chi connectivity index (χ3v) is 6.12. The smallest absolute Gasteiger partial charge is 0.343 e. The number of nitrogens with one attached hydrogen (secondary N) is 1. The van der Waals surface area contributed by atoms with E-state index in [4.69, 9.17) is 14.9 Å². The summed E-state index contributed by atoms with van der Waals surface area (Å²) in [5.74, 6) is -0.0872. The first-order valence-corrected chi connectivity index (χ1v) is 11.8. The molecule has 0 spiro atoms. The van der Waals surface area contributed by atoms with E-state index in [1.165, 1.54) is 22.8 Å². The molecule has 0 aromatic heterocycles. The van der Waals surface area contributed by atoms with Crippen LogP contribution in [0, 0.1) is 12.3 Å². The Bertz CT molecular complexity index is 1460. The largest absolute Gasteiger partial charge is 0.487 e. The number of carbonyl (C=O) groups is 2. The quantitative estimate of drug-likeness (QED) is 0.295. The van der Waals surface area contributed by atoms with E-state index in [2.05, 4.69) is 10.1 Å². The molecular weight excluding hydrogens is 476 g/mol. The Morgan fingerprint density at radius 3 is 2.61 bits per heavy atom. The van der Waals surface area contributed by atoms with Crippen LogP contribution < -0.4 is 9.47 Å². The standard InChI is InChI=1S/C27H20N4O4S/c1-17-7-5-9-19(13-17)26(33)35-21-12-6-8-18(14-21)15-22-24(28)31-27(29-25(22)32)36-23(30-31)16-34-20-10-3-2-4-11-20/h2-15,28H,16H2,1H3. The summed E-state index contributed by atoms with van der Waals surface area (Å²) in [6.45, 7) is 2.09. The van der Waals surface area contributed by atoms with Gasteiger partial charge in [-0.15, -0.1) is 0 Å². The summed E-state index contributed by atoms with van der Waals surface area (Å²) in [7, 11) is 0. The van der Waals surface area contributed by atoms with Gasteiger partial charge < -0.3 is 9.47 Å². The number of amidine groups is 2. The summed E-state index contributed by atoms with van der Waals surface area (Å²) in [5, 5.41) is 15.2. The number of ether oxygens (including phenoxy) is 2. The third kappa shape index (κ3) is 5.11. The van der Waals surface area contributed by atoms with E-state index < -0.39 is 11.9 Å². The Labute approximate surface area is 211 Å². The van der Waals surface area contributed by atoms with Gasteiger partial charge in [0.15, 0.2) is 5.84 Å². The van der Waals surface area contributed by atoms with E-state index in [0.717, 1.165) is 5.56 Å². The second-order valence-electron chi connectivity index (χ2n) is 7.95. The Morgan fingerprint density at radius 2 is 1.81 bits per heavy atom. The number of esters is 1. The molecule has 2 aliphatic rings. The van der Waals surface area contributed by atoms with Crippen molar-refractivity contribution in [3.63, 3.8) is 0 Å². The molecule has 0 aliphatic carbocycles. The summed E-state index contributed by atoms with van der Waals surface area (Å²) < 4.78 is 11.2. The third-order valence-electron chi connectivity index (χ3n) is 5.24. The molecule has 0 fully saturated rings. The van der Waals surface area contributed by atoms with Crippen LogP contribution >= 0.6 is 11.8 Å². The molecule has 2 heterocycles. The predicted octanol–water partition coefficient (Wildman–Crippen LogP) is 4.91. The fourth-order valence-corrected chi connectivity index (χ4v) is 4.32. The minimum absolute atomic E-state index is 0.0792. The lowest BCUT2D eigenvalue weighted by atomic mass is 10.1. The normalized spacial score (nSPS) is 15.9. The van der Waals surface area contributed by atoms with Gasteiger partial charge in [-0.2, -0.15) is 15.1 Å². The van der Waals surface area contributed by atoms with Crippen molar-refractivity contribution >= 4 is 45.8 Å². The van der Waals surface area contributed by atoms with Crippen molar-refractivity contribution < 1.29 is 19.1 Å². The Hall–Kier alpha value is -4.50. The fraction of sp³-hybridized carbons (Fsp3) is 0.0741. The summed E-state index contributed by atoms with van der Waals surface area (Å²) >= 11 is 1.19. The zero-order valence-electron chi connectivity index (χ0n) is 19.2. The van der Waals surface area contributed by atoms with Crippen molar-refractivity contribution in [3.8, 4) is 11.5 Å². The van der Waals surface area contributed by atoms with Crippen LogP contribution in [0.3, 0.4) is 0 Å². The number of hydrazone groups is 1. The Balaban J connectivity index is 1.31. The summed E-state index contributed by atoms with van der Waals surface area (Å²) in [6.07, 6.45) is 1.54. The maximum absolute atomic E-state index is 12.7. The molecule has 0 saturated carbocycles. The van der Waals surface area contributed by atoms with Crippen LogP contribution in [0.5, 0.6) is 11.5 Å². The van der Waals surface area contributed by atoms with E-state index >= 15 is 0 Å². The summed E-state index contributed by atoms with van der Waals surface area (Å²) in [5.41, 5.74) is 2.06. The molecule has 5 rings (SSSR count). The molecule has 1 N–H and O–H groups in total. The Morgan fingerprint density at radius 1 is 1.03 bits per heavy atom. The number of nitrogens with zero attached hydrogens (tertiary/aromatic N) is 3. The number of benzene rings is 3. The van der Waals surface area contributed by atoms with E-state index in [-0.39, 0.29) is 18.0 Å². The topological polar surface area (TPSA) is 104 Å². The van der Waals surface area contributed by atoms with Crippen LogP contribution in [-0.4, -0.2) is 39.5 Å². The van der Waals surface area contributed by atoms with Crippen molar-refractivity contribution in [2.45, 2.75) is 6.92 Å². The van der Waals surface area contributed by atoms with Crippen molar-refractivity contribution in [1.82, 2.24) is 5.01 Å². The maximum atomic E-state index is 12.7. The average Bonchev–Trinajstić information content (AvgIpc) is 3.29. The van der Waals surface area contributed by atoms with Crippen LogP contribution in [0.2, 0.25) is 0 Å². The van der Waals surface area contributed by atoms with E-state index in [0.29, 0.717) is 32.8 Å². The first-order chi connectivity index (χ1) is 17.5. The molecule has 0 radical (unpaired) electrons. The summed E-state index contributed by atoms with van der Waals surface area (Å²) in [6, 6.07) is 23.2. The van der Waals surface area contributed by atoms with E-state index in [1.54, 1.807) is 42.5 Å².